The molecule has 0 spiro atoms. The van der Waals surface area contributed by atoms with Gasteiger partial charge < -0.3 is 10.1 Å². The van der Waals surface area contributed by atoms with Gasteiger partial charge in [0.05, 0.1) is 24.3 Å². The van der Waals surface area contributed by atoms with Gasteiger partial charge in [0, 0.05) is 23.5 Å². The van der Waals surface area contributed by atoms with Crippen molar-refractivity contribution in [1.29, 1.82) is 0 Å². The lowest BCUT2D eigenvalue weighted by Gasteiger charge is -2.27. The molecule has 1 saturated carbocycles. The lowest BCUT2D eigenvalue weighted by molar-refractivity contribution is -0.146. The zero-order valence-corrected chi connectivity index (χ0v) is 15.7. The number of carbonyl (C=O) groups excluding carboxylic acids is 1. The summed E-state index contributed by atoms with van der Waals surface area (Å²) in [6, 6.07) is 5.39. The fourth-order valence-electron chi connectivity index (χ4n) is 3.27. The Labute approximate surface area is 159 Å². The summed E-state index contributed by atoms with van der Waals surface area (Å²) in [5.74, 6) is -0.132. The predicted octanol–water partition coefficient (Wildman–Crippen LogP) is 4.65. The Morgan fingerprint density at radius 2 is 1.89 bits per heavy atom. The molecule has 0 unspecified atom stereocenters. The third-order valence-corrected chi connectivity index (χ3v) is 5.78. The van der Waals surface area contributed by atoms with Gasteiger partial charge in [-0.3, -0.25) is 4.79 Å². The highest BCUT2D eigenvalue weighted by atomic mass is 32.1. The lowest BCUT2D eigenvalue weighted by atomic mass is 9.86. The van der Waals surface area contributed by atoms with Crippen LogP contribution in [0.1, 0.15) is 36.9 Å². The molecule has 0 saturated heterocycles. The van der Waals surface area contributed by atoms with Crippen LogP contribution in [0.4, 0.5) is 13.2 Å². The second kappa shape index (κ2) is 8.39. The quantitative estimate of drug-likeness (QED) is 0.745. The zero-order valence-electron chi connectivity index (χ0n) is 14.9. The van der Waals surface area contributed by atoms with Gasteiger partial charge in [0.1, 0.15) is 5.01 Å². The number of alkyl halides is 3. The topological polar surface area (TPSA) is 51.2 Å². The van der Waals surface area contributed by atoms with Crippen molar-refractivity contribution >= 4 is 17.3 Å². The van der Waals surface area contributed by atoms with E-state index in [2.05, 4.69) is 10.3 Å². The molecule has 1 fully saturated rings. The van der Waals surface area contributed by atoms with Crippen LogP contribution < -0.4 is 5.32 Å². The van der Waals surface area contributed by atoms with Gasteiger partial charge in [-0.2, -0.15) is 13.2 Å². The summed E-state index contributed by atoms with van der Waals surface area (Å²) in [5.41, 5.74) is 0.884. The van der Waals surface area contributed by atoms with E-state index in [1.165, 1.54) is 30.6 Å². The maximum Gasteiger partial charge on any atom is 0.416 e. The average Bonchev–Trinajstić information content (AvgIpc) is 3.14. The van der Waals surface area contributed by atoms with Crippen LogP contribution in [0.3, 0.4) is 0 Å². The minimum Gasteiger partial charge on any atom is -0.469 e. The summed E-state index contributed by atoms with van der Waals surface area (Å²) in [7, 11) is 1.42. The first-order valence-corrected chi connectivity index (χ1v) is 9.68. The lowest BCUT2D eigenvalue weighted by Crippen LogP contribution is -2.34. The third kappa shape index (κ3) is 5.07. The average molecular weight is 398 g/mol. The standard InChI is InChI=1S/C19H21F3N2O2S/c1-26-18(25)13-4-8-15(9-5-13)23-10-16-11-27-17(24-16)12-2-6-14(7-3-12)19(20,21)22/h2-3,6-7,11,13,15,23H,4-5,8-10H2,1H3. The van der Waals surface area contributed by atoms with E-state index in [1.807, 2.05) is 5.38 Å². The predicted molar refractivity (Wildman–Crippen MR) is 97.2 cm³/mol. The Bertz CT molecular complexity index is 766. The van der Waals surface area contributed by atoms with E-state index in [0.29, 0.717) is 23.2 Å². The van der Waals surface area contributed by atoms with Gasteiger partial charge in [-0.05, 0) is 37.8 Å². The second-order valence-corrected chi connectivity index (χ2v) is 7.53. The number of esters is 1. The maximum atomic E-state index is 12.6. The fourth-order valence-corrected chi connectivity index (χ4v) is 4.10. The molecule has 0 atom stereocenters. The molecule has 3 rings (SSSR count). The molecule has 4 nitrogen and oxygen atoms in total. The van der Waals surface area contributed by atoms with Crippen LogP contribution >= 0.6 is 11.3 Å². The van der Waals surface area contributed by atoms with Crippen molar-refractivity contribution in [1.82, 2.24) is 10.3 Å². The van der Waals surface area contributed by atoms with Gasteiger partial charge >= 0.3 is 12.1 Å². The van der Waals surface area contributed by atoms with Crippen LogP contribution in [0.5, 0.6) is 0 Å². The van der Waals surface area contributed by atoms with Crippen LogP contribution in [0.2, 0.25) is 0 Å². The van der Waals surface area contributed by atoms with E-state index in [9.17, 15) is 18.0 Å². The van der Waals surface area contributed by atoms with Crippen molar-refractivity contribution < 1.29 is 22.7 Å². The van der Waals surface area contributed by atoms with Gasteiger partial charge in [-0.1, -0.05) is 12.1 Å². The molecular weight excluding hydrogens is 377 g/mol. The Hall–Kier alpha value is -1.93. The smallest absolute Gasteiger partial charge is 0.416 e. The summed E-state index contributed by atoms with van der Waals surface area (Å²) in [5, 5.41) is 6.07. The van der Waals surface area contributed by atoms with Gasteiger partial charge in [0.15, 0.2) is 0 Å². The summed E-state index contributed by atoms with van der Waals surface area (Å²) < 4.78 is 42.7. The van der Waals surface area contributed by atoms with Gasteiger partial charge in [-0.15, -0.1) is 11.3 Å². The number of methoxy groups -OCH3 is 1. The minimum absolute atomic E-state index is 0.00130. The van der Waals surface area contributed by atoms with E-state index >= 15 is 0 Å². The molecule has 0 amide bonds. The summed E-state index contributed by atoms with van der Waals surface area (Å²) >= 11 is 1.42. The molecule has 0 bridgehead atoms. The minimum atomic E-state index is -4.33. The van der Waals surface area contributed by atoms with Crippen molar-refractivity contribution in [3.63, 3.8) is 0 Å². The van der Waals surface area contributed by atoms with Gasteiger partial charge in [0.2, 0.25) is 0 Å². The fraction of sp³-hybridized carbons (Fsp3) is 0.474. The molecule has 146 valence electrons. The van der Waals surface area contributed by atoms with Crippen LogP contribution in [0, 0.1) is 5.92 Å². The van der Waals surface area contributed by atoms with Gasteiger partial charge in [-0.25, -0.2) is 4.98 Å². The van der Waals surface area contributed by atoms with E-state index in [0.717, 1.165) is 43.5 Å². The molecule has 0 aliphatic heterocycles. The molecule has 1 aliphatic carbocycles. The molecule has 1 N–H and O–H groups in total. The van der Waals surface area contributed by atoms with Crippen molar-refractivity contribution in [2.24, 2.45) is 5.92 Å². The number of nitrogens with zero attached hydrogens (tertiary/aromatic N) is 1. The molecule has 8 heteroatoms. The molecular formula is C19H21F3N2O2S. The first-order valence-electron chi connectivity index (χ1n) is 8.80. The molecule has 1 aromatic heterocycles. The Kier molecular flexibility index (Phi) is 6.16. The maximum absolute atomic E-state index is 12.6. The van der Waals surface area contributed by atoms with E-state index in [-0.39, 0.29) is 11.9 Å². The highest BCUT2D eigenvalue weighted by Crippen LogP contribution is 2.32. The first kappa shape index (κ1) is 19.8. The number of ether oxygens (including phenoxy) is 1. The summed E-state index contributed by atoms with van der Waals surface area (Å²) in [6.45, 7) is 0.602. The Balaban J connectivity index is 1.52. The van der Waals surface area contributed by atoms with Crippen LogP contribution in [-0.4, -0.2) is 24.1 Å². The second-order valence-electron chi connectivity index (χ2n) is 6.67. The van der Waals surface area contributed by atoms with Crippen molar-refractivity contribution in [3.05, 3.63) is 40.9 Å². The largest absolute Gasteiger partial charge is 0.469 e. The number of hydrogen-bond donors (Lipinski definition) is 1. The van der Waals surface area contributed by atoms with Crippen LogP contribution in [-0.2, 0) is 22.3 Å². The highest BCUT2D eigenvalue weighted by molar-refractivity contribution is 7.13. The number of hydrogen-bond acceptors (Lipinski definition) is 5. The summed E-state index contributed by atoms with van der Waals surface area (Å²) in [4.78, 5) is 16.1. The summed E-state index contributed by atoms with van der Waals surface area (Å²) in [6.07, 6.45) is -0.870. The van der Waals surface area contributed by atoms with Crippen LogP contribution in [0.25, 0.3) is 10.6 Å². The van der Waals surface area contributed by atoms with E-state index < -0.39 is 11.7 Å². The number of nitrogens with one attached hydrogen (secondary N) is 1. The number of aromatic nitrogens is 1. The van der Waals surface area contributed by atoms with Gasteiger partial charge in [0.25, 0.3) is 0 Å². The van der Waals surface area contributed by atoms with E-state index in [1.54, 1.807) is 0 Å². The highest BCUT2D eigenvalue weighted by Gasteiger charge is 2.30. The van der Waals surface area contributed by atoms with Crippen molar-refractivity contribution in [2.75, 3.05) is 7.11 Å². The molecule has 1 heterocycles. The zero-order chi connectivity index (χ0) is 19.4. The molecule has 2 aromatic rings. The number of carbonyl (C=O) groups is 1. The molecule has 0 radical (unpaired) electrons. The SMILES string of the molecule is COC(=O)C1CCC(NCc2csc(-c3ccc(C(F)(F)F)cc3)n2)CC1. The monoisotopic (exact) mass is 398 g/mol. The number of halogens is 3. The molecule has 27 heavy (non-hydrogen) atoms. The first-order chi connectivity index (χ1) is 12.9. The van der Waals surface area contributed by atoms with Crippen molar-refractivity contribution in [3.8, 4) is 10.6 Å². The number of rotatable bonds is 5. The number of thiazole rings is 1. The molecule has 1 aromatic carbocycles. The van der Waals surface area contributed by atoms with Crippen molar-refractivity contribution in [2.45, 2.75) is 44.4 Å². The molecule has 1 aliphatic rings. The van der Waals surface area contributed by atoms with E-state index in [4.69, 9.17) is 4.74 Å². The normalized spacial score (nSPS) is 20.4. The number of benzene rings is 1. The third-order valence-electron chi connectivity index (χ3n) is 4.84. The van der Waals surface area contributed by atoms with Crippen LogP contribution in [0.15, 0.2) is 29.6 Å². The Morgan fingerprint density at radius 3 is 2.48 bits per heavy atom. The Morgan fingerprint density at radius 1 is 1.22 bits per heavy atom.